The summed E-state index contributed by atoms with van der Waals surface area (Å²) in [5.74, 6) is 0. The lowest BCUT2D eigenvalue weighted by Crippen LogP contribution is -2.48. The molecule has 0 aliphatic carbocycles. The summed E-state index contributed by atoms with van der Waals surface area (Å²) in [6.45, 7) is 5.84. The number of aldehydes is 1. The largest absolute Gasteiger partial charge is 0.372 e. The van der Waals surface area contributed by atoms with E-state index in [9.17, 15) is 14.9 Å². The third kappa shape index (κ3) is 2.90. The molecule has 0 bridgehead atoms. The zero-order chi connectivity index (χ0) is 14.0. The average Bonchev–Trinajstić information content (AvgIpc) is 2.36. The molecule has 19 heavy (non-hydrogen) atoms. The van der Waals surface area contributed by atoms with E-state index in [0.717, 1.165) is 5.69 Å². The molecule has 0 N–H and O–H groups in total. The molecule has 2 rings (SSSR count). The molecule has 0 aromatic heterocycles. The lowest BCUT2D eigenvalue weighted by molar-refractivity contribution is -0.384. The number of hydrogen-bond donors (Lipinski definition) is 0. The van der Waals surface area contributed by atoms with Gasteiger partial charge in [-0.05, 0) is 19.9 Å². The number of carbonyl (C=O) groups excluding carboxylic acids is 1. The van der Waals surface area contributed by atoms with Crippen molar-refractivity contribution in [2.45, 2.75) is 19.4 Å². The third-order valence-electron chi connectivity index (χ3n) is 3.12. The molecule has 1 aromatic rings. The number of nitro benzene ring substituents is 1. The van der Waals surface area contributed by atoms with Crippen LogP contribution in [0.15, 0.2) is 18.2 Å². The van der Waals surface area contributed by atoms with Crippen LogP contribution in [0.3, 0.4) is 0 Å². The van der Waals surface area contributed by atoms with E-state index >= 15 is 0 Å². The Morgan fingerprint density at radius 3 is 2.79 bits per heavy atom. The van der Waals surface area contributed by atoms with Crippen LogP contribution in [0.25, 0.3) is 0 Å². The van der Waals surface area contributed by atoms with E-state index in [1.165, 1.54) is 12.1 Å². The molecule has 1 aliphatic heterocycles. The van der Waals surface area contributed by atoms with Crippen LogP contribution >= 0.6 is 0 Å². The number of benzene rings is 1. The number of morpholine rings is 1. The monoisotopic (exact) mass is 264 g/mol. The van der Waals surface area contributed by atoms with Gasteiger partial charge in [0.15, 0.2) is 6.29 Å². The summed E-state index contributed by atoms with van der Waals surface area (Å²) in [5, 5.41) is 10.7. The normalized spacial score (nSPS) is 18.1. The van der Waals surface area contributed by atoms with E-state index < -0.39 is 4.92 Å². The fourth-order valence-corrected chi connectivity index (χ4v) is 2.26. The molecule has 102 valence electrons. The molecule has 1 saturated heterocycles. The molecule has 6 heteroatoms. The fraction of sp³-hybridized carbons (Fsp3) is 0.462. The van der Waals surface area contributed by atoms with Crippen LogP contribution in [0.5, 0.6) is 0 Å². The van der Waals surface area contributed by atoms with Gasteiger partial charge in [0.05, 0.1) is 17.1 Å². The van der Waals surface area contributed by atoms with Crippen molar-refractivity contribution < 1.29 is 14.5 Å². The number of ether oxygens (including phenoxy) is 1. The van der Waals surface area contributed by atoms with Gasteiger partial charge in [0, 0.05) is 36.5 Å². The van der Waals surface area contributed by atoms with Crippen LogP contribution in [-0.4, -0.2) is 36.5 Å². The Bertz CT molecular complexity index is 513. The highest BCUT2D eigenvalue weighted by molar-refractivity contribution is 5.86. The number of nitro groups is 1. The molecular weight excluding hydrogens is 248 g/mol. The van der Waals surface area contributed by atoms with Gasteiger partial charge >= 0.3 is 0 Å². The second kappa shape index (κ2) is 4.97. The quantitative estimate of drug-likeness (QED) is 0.474. The fourth-order valence-electron chi connectivity index (χ4n) is 2.26. The highest BCUT2D eigenvalue weighted by atomic mass is 16.6. The van der Waals surface area contributed by atoms with Crippen molar-refractivity contribution in [2.75, 3.05) is 24.6 Å². The summed E-state index contributed by atoms with van der Waals surface area (Å²) in [6.07, 6.45) is 0.658. The van der Waals surface area contributed by atoms with Gasteiger partial charge in [-0.25, -0.2) is 0 Å². The van der Waals surface area contributed by atoms with Crippen LogP contribution < -0.4 is 4.90 Å². The van der Waals surface area contributed by atoms with Crippen molar-refractivity contribution in [3.05, 3.63) is 33.9 Å². The predicted octanol–water partition coefficient (Wildman–Crippen LogP) is 2.02. The molecule has 1 fully saturated rings. The Labute approximate surface area is 111 Å². The topological polar surface area (TPSA) is 72.7 Å². The van der Waals surface area contributed by atoms with Crippen LogP contribution in [0, 0.1) is 10.1 Å². The number of anilines is 1. The summed E-state index contributed by atoms with van der Waals surface area (Å²) in [6, 6.07) is 4.36. The van der Waals surface area contributed by atoms with E-state index in [1.807, 2.05) is 18.7 Å². The van der Waals surface area contributed by atoms with Gasteiger partial charge in [-0.1, -0.05) is 0 Å². The number of non-ortho nitro benzene ring substituents is 1. The molecule has 0 saturated carbocycles. The van der Waals surface area contributed by atoms with Crippen molar-refractivity contribution in [1.82, 2.24) is 0 Å². The number of rotatable bonds is 3. The molecule has 0 amide bonds. The SMILES string of the molecule is CC1(C)CN(c2ccc([N+](=O)[O-])cc2C=O)CCO1. The first-order valence-corrected chi connectivity index (χ1v) is 6.05. The Kier molecular flexibility index (Phi) is 3.53. The molecule has 6 nitrogen and oxygen atoms in total. The number of nitrogens with zero attached hydrogens (tertiary/aromatic N) is 2. The lowest BCUT2D eigenvalue weighted by atomic mass is 10.0. The minimum absolute atomic E-state index is 0.0710. The van der Waals surface area contributed by atoms with Crippen molar-refractivity contribution >= 4 is 17.7 Å². The molecule has 1 heterocycles. The van der Waals surface area contributed by atoms with Gasteiger partial charge in [0.1, 0.15) is 0 Å². The minimum Gasteiger partial charge on any atom is -0.372 e. The van der Waals surface area contributed by atoms with Crippen molar-refractivity contribution in [2.24, 2.45) is 0 Å². The zero-order valence-electron chi connectivity index (χ0n) is 11.0. The summed E-state index contributed by atoms with van der Waals surface area (Å²) in [7, 11) is 0. The van der Waals surface area contributed by atoms with Gasteiger partial charge in [0.2, 0.25) is 0 Å². The van der Waals surface area contributed by atoms with E-state index in [4.69, 9.17) is 4.74 Å². The van der Waals surface area contributed by atoms with Gasteiger partial charge in [-0.3, -0.25) is 14.9 Å². The van der Waals surface area contributed by atoms with Gasteiger partial charge in [-0.2, -0.15) is 0 Å². The second-order valence-electron chi connectivity index (χ2n) is 5.15. The first-order valence-electron chi connectivity index (χ1n) is 6.05. The van der Waals surface area contributed by atoms with E-state index in [0.29, 0.717) is 31.5 Å². The molecule has 0 spiro atoms. The molecular formula is C13H16N2O4. The zero-order valence-corrected chi connectivity index (χ0v) is 11.0. The first-order chi connectivity index (χ1) is 8.93. The Morgan fingerprint density at radius 1 is 1.47 bits per heavy atom. The van der Waals surface area contributed by atoms with E-state index in [-0.39, 0.29) is 11.3 Å². The van der Waals surface area contributed by atoms with Crippen LogP contribution in [0.4, 0.5) is 11.4 Å². The average molecular weight is 264 g/mol. The van der Waals surface area contributed by atoms with Gasteiger partial charge < -0.3 is 9.64 Å². The summed E-state index contributed by atoms with van der Waals surface area (Å²) < 4.78 is 5.61. The summed E-state index contributed by atoms with van der Waals surface area (Å²) in [5.41, 5.74) is 0.697. The van der Waals surface area contributed by atoms with Crippen LogP contribution in [0.1, 0.15) is 24.2 Å². The van der Waals surface area contributed by atoms with Crippen molar-refractivity contribution in [3.63, 3.8) is 0 Å². The van der Waals surface area contributed by atoms with Crippen molar-refractivity contribution in [1.29, 1.82) is 0 Å². The highest BCUT2D eigenvalue weighted by Crippen LogP contribution is 2.28. The molecule has 0 unspecified atom stereocenters. The lowest BCUT2D eigenvalue weighted by Gasteiger charge is -2.39. The molecule has 0 radical (unpaired) electrons. The maximum atomic E-state index is 11.1. The molecule has 1 aliphatic rings. The minimum atomic E-state index is -0.500. The maximum Gasteiger partial charge on any atom is 0.270 e. The van der Waals surface area contributed by atoms with E-state index in [1.54, 1.807) is 6.07 Å². The maximum absolute atomic E-state index is 11.1. The third-order valence-corrected chi connectivity index (χ3v) is 3.12. The highest BCUT2D eigenvalue weighted by Gasteiger charge is 2.28. The number of carbonyl (C=O) groups is 1. The standard InChI is InChI=1S/C13H16N2O4/c1-13(2)9-14(5-6-19-13)12-4-3-11(15(17)18)7-10(12)8-16/h3-4,7-8H,5-6,9H2,1-2H3. The smallest absolute Gasteiger partial charge is 0.270 e. The molecule has 1 aromatic carbocycles. The first kappa shape index (κ1) is 13.5. The second-order valence-corrected chi connectivity index (χ2v) is 5.15. The number of hydrogen-bond acceptors (Lipinski definition) is 5. The Balaban J connectivity index is 2.34. The van der Waals surface area contributed by atoms with Crippen LogP contribution in [-0.2, 0) is 4.74 Å². The van der Waals surface area contributed by atoms with E-state index in [2.05, 4.69) is 0 Å². The van der Waals surface area contributed by atoms with Crippen LogP contribution in [0.2, 0.25) is 0 Å². The Hall–Kier alpha value is -1.95. The summed E-state index contributed by atoms with van der Waals surface area (Å²) >= 11 is 0. The summed E-state index contributed by atoms with van der Waals surface area (Å²) in [4.78, 5) is 23.4. The van der Waals surface area contributed by atoms with Gasteiger partial charge in [-0.15, -0.1) is 0 Å². The molecule has 0 atom stereocenters. The van der Waals surface area contributed by atoms with Crippen molar-refractivity contribution in [3.8, 4) is 0 Å². The predicted molar refractivity (Wildman–Crippen MR) is 70.7 cm³/mol. The van der Waals surface area contributed by atoms with Gasteiger partial charge in [0.25, 0.3) is 5.69 Å². The Morgan fingerprint density at radius 2 is 2.21 bits per heavy atom.